The molecular weight excluding hydrogens is 252 g/mol. The first-order valence-electron chi connectivity index (χ1n) is 5.73. The van der Waals surface area contributed by atoms with Crippen LogP contribution in [0.15, 0.2) is 17.5 Å². The van der Waals surface area contributed by atoms with E-state index in [9.17, 15) is 4.79 Å². The van der Waals surface area contributed by atoms with E-state index >= 15 is 0 Å². The van der Waals surface area contributed by atoms with Gasteiger partial charge >= 0.3 is 0 Å². The molecule has 94 valence electrons. The van der Waals surface area contributed by atoms with E-state index in [0.717, 1.165) is 13.1 Å². The Labute approximate surface area is 111 Å². The molecule has 2 heterocycles. The molecule has 1 aromatic heterocycles. The summed E-state index contributed by atoms with van der Waals surface area (Å²) in [4.78, 5) is 17.5. The van der Waals surface area contributed by atoms with Crippen LogP contribution in [0.3, 0.4) is 0 Å². The number of rotatable bonds is 4. The summed E-state index contributed by atoms with van der Waals surface area (Å²) in [7, 11) is 4.08. The summed E-state index contributed by atoms with van der Waals surface area (Å²) in [5, 5.41) is 2.38. The number of nitrogens with zero attached hydrogens (tertiary/aromatic N) is 2. The van der Waals surface area contributed by atoms with E-state index < -0.39 is 0 Å². The highest BCUT2D eigenvalue weighted by atomic mass is 32.2. The second-order valence-electron chi connectivity index (χ2n) is 4.48. The summed E-state index contributed by atoms with van der Waals surface area (Å²) in [6, 6.07) is 4.18. The summed E-state index contributed by atoms with van der Waals surface area (Å²) in [5.41, 5.74) is 0. The number of carbonyl (C=O) groups is 1. The molecular formula is C12H18N2OS2. The Kier molecular flexibility index (Phi) is 4.12. The molecule has 0 aromatic carbocycles. The minimum absolute atomic E-state index is 0.0873. The van der Waals surface area contributed by atoms with Gasteiger partial charge in [0.1, 0.15) is 5.37 Å². The van der Waals surface area contributed by atoms with Crippen molar-refractivity contribution >= 4 is 29.0 Å². The number of carbonyl (C=O) groups excluding carboxylic acids is 1. The van der Waals surface area contributed by atoms with E-state index in [0.29, 0.717) is 0 Å². The van der Waals surface area contributed by atoms with Crippen molar-refractivity contribution in [2.24, 2.45) is 0 Å². The lowest BCUT2D eigenvalue weighted by Gasteiger charge is -2.24. The molecule has 2 rings (SSSR count). The van der Waals surface area contributed by atoms with Crippen molar-refractivity contribution in [2.45, 2.75) is 17.5 Å². The smallest absolute Gasteiger partial charge is 0.236 e. The summed E-state index contributed by atoms with van der Waals surface area (Å²) in [5.74, 6) is 0.273. The topological polar surface area (TPSA) is 23.6 Å². The minimum atomic E-state index is 0.0873. The van der Waals surface area contributed by atoms with Crippen LogP contribution >= 0.6 is 23.1 Å². The van der Waals surface area contributed by atoms with Crippen molar-refractivity contribution in [2.75, 3.05) is 27.2 Å². The fourth-order valence-electron chi connectivity index (χ4n) is 1.86. The van der Waals surface area contributed by atoms with E-state index in [4.69, 9.17) is 0 Å². The molecule has 3 nitrogen and oxygen atoms in total. The van der Waals surface area contributed by atoms with E-state index in [1.54, 1.807) is 23.1 Å². The zero-order valence-corrected chi connectivity index (χ0v) is 12.1. The summed E-state index contributed by atoms with van der Waals surface area (Å²) in [6.07, 6.45) is 0. The van der Waals surface area contributed by atoms with E-state index in [1.807, 2.05) is 25.9 Å². The quantitative estimate of drug-likeness (QED) is 0.838. The van der Waals surface area contributed by atoms with Crippen LogP contribution in [0.1, 0.15) is 17.2 Å². The molecule has 0 unspecified atom stereocenters. The molecule has 1 saturated heterocycles. The number of hydrogen-bond donors (Lipinski definition) is 0. The molecule has 0 saturated carbocycles. The molecule has 1 aromatic rings. The Morgan fingerprint density at radius 3 is 2.82 bits per heavy atom. The second-order valence-corrected chi connectivity index (χ2v) is 6.89. The van der Waals surface area contributed by atoms with Crippen molar-refractivity contribution < 1.29 is 4.79 Å². The Morgan fingerprint density at radius 1 is 1.47 bits per heavy atom. The SMILES string of the molecule is C[C@H]1S[C@@H](c2cccs2)N(CCN(C)C)C1=O. The van der Waals surface area contributed by atoms with Crippen molar-refractivity contribution in [3.05, 3.63) is 22.4 Å². The van der Waals surface area contributed by atoms with Crippen molar-refractivity contribution in [3.8, 4) is 0 Å². The van der Waals surface area contributed by atoms with Crippen LogP contribution in [0, 0.1) is 0 Å². The highest BCUT2D eigenvalue weighted by Crippen LogP contribution is 2.44. The molecule has 1 fully saturated rings. The molecule has 0 radical (unpaired) electrons. The van der Waals surface area contributed by atoms with Gasteiger partial charge in [0, 0.05) is 18.0 Å². The van der Waals surface area contributed by atoms with Gasteiger partial charge in [-0.05, 0) is 32.5 Å². The summed E-state index contributed by atoms with van der Waals surface area (Å²) >= 11 is 3.49. The van der Waals surface area contributed by atoms with Gasteiger partial charge < -0.3 is 9.80 Å². The zero-order chi connectivity index (χ0) is 12.4. The normalized spacial score (nSPS) is 24.9. The zero-order valence-electron chi connectivity index (χ0n) is 10.4. The first-order chi connectivity index (χ1) is 8.09. The van der Waals surface area contributed by atoms with Crippen molar-refractivity contribution in [1.29, 1.82) is 0 Å². The molecule has 0 aliphatic carbocycles. The van der Waals surface area contributed by atoms with Crippen LogP contribution in [0.4, 0.5) is 0 Å². The lowest BCUT2D eigenvalue weighted by Crippen LogP contribution is -2.35. The summed E-state index contributed by atoms with van der Waals surface area (Å²) < 4.78 is 0. The Balaban J connectivity index is 2.11. The van der Waals surface area contributed by atoms with Crippen LogP contribution < -0.4 is 0 Å². The molecule has 0 spiro atoms. The first-order valence-corrected chi connectivity index (χ1v) is 7.56. The van der Waals surface area contributed by atoms with Gasteiger partial charge in [-0.2, -0.15) is 0 Å². The van der Waals surface area contributed by atoms with Gasteiger partial charge in [-0.1, -0.05) is 6.07 Å². The lowest BCUT2D eigenvalue weighted by molar-refractivity contribution is -0.129. The fourth-order valence-corrected chi connectivity index (χ4v) is 4.12. The van der Waals surface area contributed by atoms with Crippen LogP contribution in [0.5, 0.6) is 0 Å². The van der Waals surface area contributed by atoms with Gasteiger partial charge in [0.15, 0.2) is 0 Å². The molecule has 1 aliphatic heterocycles. The standard InChI is InChI=1S/C12H18N2OS2/c1-9-11(15)14(7-6-13(2)3)12(17-9)10-5-4-8-16-10/h4-5,8-9,12H,6-7H2,1-3H3/t9-,12+/m1/s1. The van der Waals surface area contributed by atoms with Gasteiger partial charge in [0.25, 0.3) is 0 Å². The summed E-state index contributed by atoms with van der Waals surface area (Å²) in [6.45, 7) is 3.73. The maximum Gasteiger partial charge on any atom is 0.236 e. The maximum atomic E-state index is 12.1. The predicted molar refractivity (Wildman–Crippen MR) is 74.4 cm³/mol. The molecule has 1 amide bonds. The highest BCUT2D eigenvalue weighted by molar-refractivity contribution is 8.01. The van der Waals surface area contributed by atoms with Crippen LogP contribution in [0.25, 0.3) is 0 Å². The van der Waals surface area contributed by atoms with E-state index in [1.165, 1.54) is 4.88 Å². The molecule has 2 atom stereocenters. The first kappa shape index (κ1) is 12.9. The molecule has 1 aliphatic rings. The lowest BCUT2D eigenvalue weighted by atomic mass is 10.3. The second kappa shape index (κ2) is 5.42. The van der Waals surface area contributed by atoms with Crippen LogP contribution in [0.2, 0.25) is 0 Å². The third-order valence-electron chi connectivity index (χ3n) is 2.82. The van der Waals surface area contributed by atoms with Gasteiger partial charge in [-0.25, -0.2) is 0 Å². The fraction of sp³-hybridized carbons (Fsp3) is 0.583. The maximum absolute atomic E-state index is 12.1. The van der Waals surface area contributed by atoms with Gasteiger partial charge in [0.2, 0.25) is 5.91 Å². The van der Waals surface area contributed by atoms with Crippen molar-refractivity contribution in [1.82, 2.24) is 9.80 Å². The predicted octanol–water partition coefficient (Wildman–Crippen LogP) is 2.27. The highest BCUT2D eigenvalue weighted by Gasteiger charge is 2.38. The third-order valence-corrected chi connectivity index (χ3v) is 5.27. The van der Waals surface area contributed by atoms with Crippen LogP contribution in [-0.4, -0.2) is 48.1 Å². The molecule has 5 heteroatoms. The average molecular weight is 270 g/mol. The Morgan fingerprint density at radius 2 is 2.24 bits per heavy atom. The average Bonchev–Trinajstić information content (AvgIpc) is 2.87. The monoisotopic (exact) mass is 270 g/mol. The van der Waals surface area contributed by atoms with E-state index in [-0.39, 0.29) is 16.5 Å². The number of hydrogen-bond acceptors (Lipinski definition) is 4. The van der Waals surface area contributed by atoms with Gasteiger partial charge in [-0.3, -0.25) is 4.79 Å². The van der Waals surface area contributed by atoms with Crippen LogP contribution in [-0.2, 0) is 4.79 Å². The number of thioether (sulfide) groups is 1. The number of thiophene rings is 1. The number of likely N-dealkylation sites (N-methyl/N-ethyl adjacent to an activating group) is 1. The molecule has 0 N–H and O–H groups in total. The number of amides is 1. The Bertz CT molecular complexity index is 378. The van der Waals surface area contributed by atoms with E-state index in [2.05, 4.69) is 22.4 Å². The third kappa shape index (κ3) is 2.84. The Hall–Kier alpha value is -0.520. The molecule has 17 heavy (non-hydrogen) atoms. The minimum Gasteiger partial charge on any atom is -0.323 e. The van der Waals surface area contributed by atoms with Gasteiger partial charge in [-0.15, -0.1) is 23.1 Å². The van der Waals surface area contributed by atoms with Gasteiger partial charge in [0.05, 0.1) is 5.25 Å². The van der Waals surface area contributed by atoms with Crippen molar-refractivity contribution in [3.63, 3.8) is 0 Å². The molecule has 0 bridgehead atoms. The largest absolute Gasteiger partial charge is 0.323 e.